The molecule has 2 heterocycles. The van der Waals surface area contributed by atoms with Crippen molar-refractivity contribution in [3.8, 4) is 17.1 Å². The number of aromatic nitrogens is 3. The quantitative estimate of drug-likeness (QED) is 0.339. The summed E-state index contributed by atoms with van der Waals surface area (Å²) in [5, 5.41) is 12.7. The molecule has 4 rings (SSSR count). The minimum atomic E-state index is -0.498. The smallest absolute Gasteiger partial charge is 0.251 e. The van der Waals surface area contributed by atoms with Gasteiger partial charge in [-0.25, -0.2) is 0 Å². The Hall–Kier alpha value is -3.11. The van der Waals surface area contributed by atoms with E-state index in [1.54, 1.807) is 13.2 Å². The monoisotopic (exact) mass is 497 g/mol. The zero-order valence-corrected chi connectivity index (χ0v) is 20.8. The zero-order chi connectivity index (χ0) is 24.2. The summed E-state index contributed by atoms with van der Waals surface area (Å²) in [5.41, 5.74) is 7.92. The molecule has 1 atom stereocenters. The van der Waals surface area contributed by atoms with Crippen molar-refractivity contribution in [2.24, 2.45) is 11.7 Å². The van der Waals surface area contributed by atoms with Crippen LogP contribution in [0.25, 0.3) is 11.4 Å². The number of para-hydroxylation sites is 1. The van der Waals surface area contributed by atoms with Crippen LogP contribution in [0, 0.1) is 5.92 Å². The Kier molecular flexibility index (Phi) is 7.38. The van der Waals surface area contributed by atoms with Gasteiger partial charge in [0.25, 0.3) is 5.91 Å². The number of nitrogens with zero attached hydrogens (tertiary/aromatic N) is 3. The number of amides is 2. The molecule has 1 aliphatic carbocycles. The molecule has 0 saturated heterocycles. The molecule has 1 aliphatic rings. The second-order valence-corrected chi connectivity index (χ2v) is 10.2. The number of nitrogens with one attached hydrogen (secondary N) is 1. The van der Waals surface area contributed by atoms with Crippen LogP contribution in [0.4, 0.5) is 5.00 Å². The molecular weight excluding hydrogens is 470 g/mol. The number of carbonyl (C=O) groups excluding carboxylic acids is 2. The summed E-state index contributed by atoms with van der Waals surface area (Å²) < 4.78 is 7.36. The first-order chi connectivity index (χ1) is 16.4. The SMILES string of the molecule is C=CCn1c(SCC(=O)Nc2sc3c(c2C(N)=O)CCC(C)C3)nnc1-c1ccccc1OC. The van der Waals surface area contributed by atoms with Crippen LogP contribution in [-0.4, -0.2) is 39.4 Å². The second-order valence-electron chi connectivity index (χ2n) is 8.16. The first kappa shape index (κ1) is 24.0. The molecule has 1 unspecified atom stereocenters. The lowest BCUT2D eigenvalue weighted by Gasteiger charge is -2.18. The third-order valence-corrected chi connectivity index (χ3v) is 7.86. The fourth-order valence-corrected chi connectivity index (χ4v) is 6.29. The molecule has 1 aromatic carbocycles. The summed E-state index contributed by atoms with van der Waals surface area (Å²) in [5.74, 6) is 1.26. The van der Waals surface area contributed by atoms with Crippen LogP contribution in [0.5, 0.6) is 5.75 Å². The average Bonchev–Trinajstić information content (AvgIpc) is 3.38. The fourth-order valence-electron chi connectivity index (χ4n) is 4.11. The number of nitrogens with two attached hydrogens (primary N) is 1. The van der Waals surface area contributed by atoms with E-state index in [4.69, 9.17) is 10.5 Å². The molecule has 2 amide bonds. The molecule has 8 nitrogen and oxygen atoms in total. The number of allylic oxidation sites excluding steroid dienone is 1. The fraction of sp³-hybridized carbons (Fsp3) is 0.333. The van der Waals surface area contributed by atoms with Crippen LogP contribution in [0.2, 0.25) is 0 Å². The average molecular weight is 498 g/mol. The van der Waals surface area contributed by atoms with Gasteiger partial charge in [0.05, 0.1) is 24.0 Å². The van der Waals surface area contributed by atoms with Gasteiger partial charge < -0.3 is 15.8 Å². The number of methoxy groups -OCH3 is 1. The Morgan fingerprint density at radius 1 is 1.38 bits per heavy atom. The Bertz CT molecular complexity index is 1230. The lowest BCUT2D eigenvalue weighted by molar-refractivity contribution is -0.113. The number of hydrogen-bond donors (Lipinski definition) is 2. The van der Waals surface area contributed by atoms with Crippen LogP contribution in [0.1, 0.15) is 34.1 Å². The normalized spacial score (nSPS) is 14.9. The zero-order valence-electron chi connectivity index (χ0n) is 19.2. The Labute approximate surface area is 206 Å². The van der Waals surface area contributed by atoms with Crippen molar-refractivity contribution in [1.29, 1.82) is 0 Å². The van der Waals surface area contributed by atoms with Crippen molar-refractivity contribution < 1.29 is 14.3 Å². The van der Waals surface area contributed by atoms with Crippen molar-refractivity contribution in [2.45, 2.75) is 37.9 Å². The van der Waals surface area contributed by atoms with Gasteiger partial charge in [-0.15, -0.1) is 28.1 Å². The molecule has 0 spiro atoms. The third kappa shape index (κ3) is 4.88. The van der Waals surface area contributed by atoms with Gasteiger partial charge >= 0.3 is 0 Å². The summed E-state index contributed by atoms with van der Waals surface area (Å²) in [6.45, 7) is 6.50. The molecule has 0 bridgehead atoms. The molecule has 0 fully saturated rings. The van der Waals surface area contributed by atoms with Crippen LogP contribution in [0.15, 0.2) is 42.1 Å². The van der Waals surface area contributed by atoms with E-state index in [2.05, 4.69) is 29.0 Å². The van der Waals surface area contributed by atoms with E-state index in [-0.39, 0.29) is 11.7 Å². The maximum atomic E-state index is 12.8. The summed E-state index contributed by atoms with van der Waals surface area (Å²) in [6.07, 6.45) is 4.48. The Balaban J connectivity index is 1.51. The van der Waals surface area contributed by atoms with Crippen molar-refractivity contribution in [1.82, 2.24) is 14.8 Å². The highest BCUT2D eigenvalue weighted by Crippen LogP contribution is 2.39. The third-order valence-electron chi connectivity index (χ3n) is 5.72. The highest BCUT2D eigenvalue weighted by atomic mass is 32.2. The van der Waals surface area contributed by atoms with Gasteiger partial charge in [-0.05, 0) is 42.9 Å². The van der Waals surface area contributed by atoms with E-state index >= 15 is 0 Å². The van der Waals surface area contributed by atoms with E-state index in [0.717, 1.165) is 35.3 Å². The van der Waals surface area contributed by atoms with E-state index in [0.29, 0.717) is 39.8 Å². The van der Waals surface area contributed by atoms with E-state index < -0.39 is 5.91 Å². The Morgan fingerprint density at radius 3 is 2.91 bits per heavy atom. The molecule has 34 heavy (non-hydrogen) atoms. The number of thioether (sulfide) groups is 1. The predicted octanol–water partition coefficient (Wildman–Crippen LogP) is 4.16. The van der Waals surface area contributed by atoms with Gasteiger partial charge in [0.1, 0.15) is 10.8 Å². The second kappa shape index (κ2) is 10.4. The Morgan fingerprint density at radius 2 is 2.18 bits per heavy atom. The standard InChI is InChI=1S/C24H27N5O3S2/c1-4-11-29-22(15-7-5-6-8-17(15)32-3)27-28-24(29)33-13-19(30)26-23-20(21(25)31)16-10-9-14(2)12-18(16)34-23/h4-8,14H,1,9-13H2,2-3H3,(H2,25,31)(H,26,30). The number of hydrogen-bond acceptors (Lipinski definition) is 7. The molecule has 0 saturated carbocycles. The van der Waals surface area contributed by atoms with Crippen molar-refractivity contribution in [3.05, 3.63) is 52.9 Å². The molecule has 0 radical (unpaired) electrons. The van der Waals surface area contributed by atoms with Crippen LogP contribution >= 0.6 is 23.1 Å². The van der Waals surface area contributed by atoms with Gasteiger partial charge in [0, 0.05) is 11.4 Å². The van der Waals surface area contributed by atoms with Gasteiger partial charge in [-0.3, -0.25) is 14.2 Å². The first-order valence-electron chi connectivity index (χ1n) is 11.0. The van der Waals surface area contributed by atoms with Gasteiger partial charge in [0.2, 0.25) is 5.91 Å². The van der Waals surface area contributed by atoms with Crippen LogP contribution in [0.3, 0.4) is 0 Å². The van der Waals surface area contributed by atoms with E-state index in [1.807, 2.05) is 28.8 Å². The molecule has 2 aromatic heterocycles. The van der Waals surface area contributed by atoms with Crippen molar-refractivity contribution in [2.75, 3.05) is 18.2 Å². The molecular formula is C24H27N5O3S2. The minimum absolute atomic E-state index is 0.109. The molecule has 0 aliphatic heterocycles. The van der Waals surface area contributed by atoms with Crippen molar-refractivity contribution in [3.63, 3.8) is 0 Å². The summed E-state index contributed by atoms with van der Waals surface area (Å²) in [7, 11) is 1.61. The molecule has 10 heteroatoms. The number of fused-ring (bicyclic) bond motifs is 1. The number of ether oxygens (including phenoxy) is 1. The lowest BCUT2D eigenvalue weighted by Crippen LogP contribution is -2.20. The number of carbonyl (C=O) groups is 2. The molecule has 178 valence electrons. The number of benzene rings is 1. The first-order valence-corrected chi connectivity index (χ1v) is 12.8. The summed E-state index contributed by atoms with van der Waals surface area (Å²) in [6, 6.07) is 7.57. The molecule has 3 N–H and O–H groups in total. The highest BCUT2D eigenvalue weighted by Gasteiger charge is 2.27. The number of rotatable bonds is 9. The largest absolute Gasteiger partial charge is 0.496 e. The van der Waals surface area contributed by atoms with Gasteiger partial charge in [0.15, 0.2) is 11.0 Å². The molecule has 3 aromatic rings. The topological polar surface area (TPSA) is 112 Å². The van der Waals surface area contributed by atoms with Gasteiger partial charge in [-0.2, -0.15) is 0 Å². The van der Waals surface area contributed by atoms with Crippen LogP contribution < -0.4 is 15.8 Å². The van der Waals surface area contributed by atoms with Crippen LogP contribution in [-0.2, 0) is 24.2 Å². The number of anilines is 1. The lowest BCUT2D eigenvalue weighted by atomic mass is 9.88. The number of thiophene rings is 1. The number of primary amides is 1. The van der Waals surface area contributed by atoms with Crippen molar-refractivity contribution >= 4 is 39.9 Å². The van der Waals surface area contributed by atoms with Gasteiger partial charge in [-0.1, -0.05) is 36.9 Å². The maximum Gasteiger partial charge on any atom is 0.251 e. The summed E-state index contributed by atoms with van der Waals surface area (Å²) in [4.78, 5) is 26.1. The minimum Gasteiger partial charge on any atom is -0.496 e. The maximum absolute atomic E-state index is 12.8. The van der Waals surface area contributed by atoms with E-state index in [1.165, 1.54) is 23.1 Å². The summed E-state index contributed by atoms with van der Waals surface area (Å²) >= 11 is 2.73. The van der Waals surface area contributed by atoms with E-state index in [9.17, 15) is 9.59 Å². The predicted molar refractivity (Wildman–Crippen MR) is 136 cm³/mol. The highest BCUT2D eigenvalue weighted by molar-refractivity contribution is 7.99.